The van der Waals surface area contributed by atoms with E-state index in [0.717, 1.165) is 0 Å². The zero-order valence-corrected chi connectivity index (χ0v) is 7.56. The lowest BCUT2D eigenvalue weighted by Crippen LogP contribution is -2.17. The highest BCUT2D eigenvalue weighted by Crippen LogP contribution is 2.21. The molecular weight excluding hydrogens is 184 g/mol. The van der Waals surface area contributed by atoms with E-state index in [1.807, 2.05) is 0 Å². The number of primary amides is 1. The first kappa shape index (κ1) is 10.3. The summed E-state index contributed by atoms with van der Waals surface area (Å²) in [7, 11) is 0. The first-order chi connectivity index (χ1) is 6.63. The summed E-state index contributed by atoms with van der Waals surface area (Å²) in [5.74, 6) is 0.334. The lowest BCUT2D eigenvalue weighted by Gasteiger charge is -2.07. The van der Waals surface area contributed by atoms with Gasteiger partial charge in [0.05, 0.1) is 0 Å². The van der Waals surface area contributed by atoms with Crippen LogP contribution in [0.3, 0.4) is 0 Å². The highest BCUT2D eigenvalue weighted by Gasteiger charge is 2.06. The molecule has 0 aliphatic heterocycles. The molecule has 0 saturated carbocycles. The number of aliphatic hydroxyl groups excluding tert-OH is 1. The number of benzene rings is 1. The van der Waals surface area contributed by atoms with Crippen molar-refractivity contribution in [2.24, 2.45) is 5.73 Å². The molecule has 1 rings (SSSR count). The molecule has 5 nitrogen and oxygen atoms in total. The lowest BCUT2D eigenvalue weighted by molar-refractivity contribution is 0.210. The van der Waals surface area contributed by atoms with E-state index in [2.05, 4.69) is 0 Å². The molecule has 76 valence electrons. The van der Waals surface area contributed by atoms with Gasteiger partial charge in [-0.05, 0) is 30.2 Å². The zero-order chi connectivity index (χ0) is 10.6. The van der Waals surface area contributed by atoms with Crippen LogP contribution in [-0.4, -0.2) is 17.8 Å². The van der Waals surface area contributed by atoms with Crippen molar-refractivity contribution >= 4 is 11.8 Å². The van der Waals surface area contributed by atoms with Crippen LogP contribution in [0.2, 0.25) is 0 Å². The number of amides is 1. The van der Waals surface area contributed by atoms with E-state index in [-0.39, 0.29) is 6.61 Å². The third-order valence-electron chi connectivity index (χ3n) is 1.68. The predicted molar refractivity (Wildman–Crippen MR) is 51.9 cm³/mol. The van der Waals surface area contributed by atoms with Crippen molar-refractivity contribution in [3.63, 3.8) is 0 Å². The molecular formula is C9H12N2O3. The molecule has 0 spiro atoms. The van der Waals surface area contributed by atoms with Gasteiger partial charge in [-0.3, -0.25) is 0 Å². The summed E-state index contributed by atoms with van der Waals surface area (Å²) < 4.78 is 4.73. The van der Waals surface area contributed by atoms with E-state index in [0.29, 0.717) is 23.4 Å². The molecule has 0 bridgehead atoms. The number of ether oxygens (including phenoxy) is 1. The Hall–Kier alpha value is -1.75. The molecule has 0 aliphatic carbocycles. The zero-order valence-electron chi connectivity index (χ0n) is 7.56. The Morgan fingerprint density at radius 3 is 2.79 bits per heavy atom. The van der Waals surface area contributed by atoms with Crippen LogP contribution >= 0.6 is 0 Å². The first-order valence-corrected chi connectivity index (χ1v) is 4.10. The van der Waals surface area contributed by atoms with Gasteiger partial charge in [-0.25, -0.2) is 4.79 Å². The number of aliphatic hydroxyl groups is 1. The second-order valence-electron chi connectivity index (χ2n) is 2.76. The summed E-state index contributed by atoms with van der Waals surface area (Å²) in [6, 6.07) is 4.78. The van der Waals surface area contributed by atoms with Crippen molar-refractivity contribution in [2.45, 2.75) is 6.42 Å². The van der Waals surface area contributed by atoms with Crippen LogP contribution < -0.4 is 16.2 Å². The van der Waals surface area contributed by atoms with E-state index in [1.165, 1.54) is 0 Å². The van der Waals surface area contributed by atoms with E-state index < -0.39 is 6.09 Å². The second-order valence-corrected chi connectivity index (χ2v) is 2.76. The van der Waals surface area contributed by atoms with Crippen molar-refractivity contribution in [3.8, 4) is 5.75 Å². The normalized spacial score (nSPS) is 9.79. The van der Waals surface area contributed by atoms with Gasteiger partial charge < -0.3 is 21.3 Å². The van der Waals surface area contributed by atoms with Crippen molar-refractivity contribution in [2.75, 3.05) is 12.3 Å². The third kappa shape index (κ3) is 2.63. The molecule has 0 aromatic heterocycles. The van der Waals surface area contributed by atoms with Crippen LogP contribution in [0, 0.1) is 0 Å². The number of rotatable bonds is 3. The molecule has 1 aromatic rings. The summed E-state index contributed by atoms with van der Waals surface area (Å²) in [6.45, 7) is -0.0431. The van der Waals surface area contributed by atoms with Crippen molar-refractivity contribution in [1.82, 2.24) is 0 Å². The Morgan fingerprint density at radius 2 is 2.21 bits per heavy atom. The van der Waals surface area contributed by atoms with Crippen LogP contribution in [0.15, 0.2) is 18.2 Å². The van der Waals surface area contributed by atoms with Gasteiger partial charge in [0, 0.05) is 12.3 Å². The summed E-state index contributed by atoms with van der Waals surface area (Å²) >= 11 is 0. The van der Waals surface area contributed by atoms with E-state index in [4.69, 9.17) is 21.3 Å². The smallest absolute Gasteiger partial charge is 0.409 e. The van der Waals surface area contributed by atoms with Gasteiger partial charge in [0.2, 0.25) is 0 Å². The van der Waals surface area contributed by atoms with Crippen LogP contribution in [0.5, 0.6) is 5.75 Å². The Bertz CT molecular complexity index is 339. The Balaban J connectivity index is 2.95. The van der Waals surface area contributed by atoms with Gasteiger partial charge >= 0.3 is 6.09 Å². The van der Waals surface area contributed by atoms with Crippen LogP contribution in [0.25, 0.3) is 0 Å². The minimum Gasteiger partial charge on any atom is -0.410 e. The molecule has 5 heteroatoms. The minimum absolute atomic E-state index is 0.0431. The molecule has 0 aliphatic rings. The Morgan fingerprint density at radius 1 is 1.50 bits per heavy atom. The quantitative estimate of drug-likeness (QED) is 0.604. The maximum atomic E-state index is 10.5. The molecule has 0 heterocycles. The van der Waals surface area contributed by atoms with Crippen molar-refractivity contribution < 1.29 is 14.6 Å². The fraction of sp³-hybridized carbons (Fsp3) is 0.222. The van der Waals surface area contributed by atoms with Gasteiger partial charge in [-0.1, -0.05) is 0 Å². The molecule has 0 atom stereocenters. The molecule has 1 aromatic carbocycles. The number of carbonyl (C=O) groups is 1. The summed E-state index contributed by atoms with van der Waals surface area (Å²) in [5.41, 5.74) is 11.6. The van der Waals surface area contributed by atoms with E-state index in [9.17, 15) is 4.79 Å². The maximum Gasteiger partial charge on any atom is 0.409 e. The third-order valence-corrected chi connectivity index (χ3v) is 1.68. The topological polar surface area (TPSA) is 98.6 Å². The molecule has 0 radical (unpaired) electrons. The predicted octanol–water partition coefficient (Wildman–Crippen LogP) is 0.261. The summed E-state index contributed by atoms with van der Waals surface area (Å²) in [4.78, 5) is 10.5. The molecule has 1 amide bonds. The Kier molecular flexibility index (Phi) is 3.30. The number of carbonyl (C=O) groups excluding carboxylic acids is 1. The monoisotopic (exact) mass is 196 g/mol. The molecule has 0 fully saturated rings. The minimum atomic E-state index is -0.881. The van der Waals surface area contributed by atoms with Gasteiger partial charge in [-0.2, -0.15) is 0 Å². The highest BCUT2D eigenvalue weighted by molar-refractivity contribution is 5.69. The standard InChI is InChI=1S/C9H12N2O3/c10-7-1-2-8(14-9(11)13)6(5-7)3-4-12/h1-2,5,12H,3-4,10H2,(H2,11,13). The van der Waals surface area contributed by atoms with Crippen LogP contribution in [-0.2, 0) is 6.42 Å². The van der Waals surface area contributed by atoms with Gasteiger partial charge in [-0.15, -0.1) is 0 Å². The molecule has 0 saturated heterocycles. The van der Waals surface area contributed by atoms with Gasteiger partial charge in [0.1, 0.15) is 5.75 Å². The average Bonchev–Trinajstić information content (AvgIpc) is 2.09. The number of anilines is 1. The second kappa shape index (κ2) is 4.48. The number of nitrogens with two attached hydrogens (primary N) is 2. The van der Waals surface area contributed by atoms with Gasteiger partial charge in [0.25, 0.3) is 0 Å². The highest BCUT2D eigenvalue weighted by atomic mass is 16.5. The van der Waals surface area contributed by atoms with E-state index in [1.54, 1.807) is 18.2 Å². The molecule has 14 heavy (non-hydrogen) atoms. The molecule has 0 unspecified atom stereocenters. The van der Waals surface area contributed by atoms with E-state index >= 15 is 0 Å². The fourth-order valence-electron chi connectivity index (χ4n) is 1.12. The number of hydrogen-bond donors (Lipinski definition) is 3. The van der Waals surface area contributed by atoms with Gasteiger partial charge in [0.15, 0.2) is 0 Å². The maximum absolute atomic E-state index is 10.5. The summed E-state index contributed by atoms with van der Waals surface area (Å²) in [5, 5.41) is 8.76. The largest absolute Gasteiger partial charge is 0.410 e. The average molecular weight is 196 g/mol. The Labute approximate surface area is 81.3 Å². The SMILES string of the molecule is NC(=O)Oc1ccc(N)cc1CCO. The van der Waals surface area contributed by atoms with Crippen LogP contribution in [0.1, 0.15) is 5.56 Å². The lowest BCUT2D eigenvalue weighted by atomic mass is 10.1. The van der Waals surface area contributed by atoms with Crippen molar-refractivity contribution in [1.29, 1.82) is 0 Å². The first-order valence-electron chi connectivity index (χ1n) is 4.10. The fourth-order valence-corrected chi connectivity index (χ4v) is 1.12. The number of hydrogen-bond acceptors (Lipinski definition) is 4. The number of nitrogen functional groups attached to an aromatic ring is 1. The van der Waals surface area contributed by atoms with Crippen molar-refractivity contribution in [3.05, 3.63) is 23.8 Å². The van der Waals surface area contributed by atoms with Crippen LogP contribution in [0.4, 0.5) is 10.5 Å². The molecule has 5 N–H and O–H groups in total. The summed E-state index contributed by atoms with van der Waals surface area (Å²) in [6.07, 6.45) is -0.512.